The average Bonchev–Trinajstić information content (AvgIpc) is 2.79. The summed E-state index contributed by atoms with van der Waals surface area (Å²) in [4.78, 5) is 11.8. The van der Waals surface area contributed by atoms with Crippen LogP contribution in [0.25, 0.3) is 0 Å². The highest BCUT2D eigenvalue weighted by Gasteiger charge is 2.17. The quantitative estimate of drug-likeness (QED) is 0.795. The van der Waals surface area contributed by atoms with Crippen LogP contribution in [0.5, 0.6) is 0 Å². The molecule has 1 fully saturated rings. The standard InChI is InChI=1S/C13H19N3O3S/c1-20(18,19)16-12-8-4-7-11(9-12)15-13(17)14-10-5-2-3-6-10/h4,7-10,16H,2-3,5-6H2,1H3,(H2,14,15,17). The van der Waals surface area contributed by atoms with Gasteiger partial charge >= 0.3 is 6.03 Å². The number of benzene rings is 1. The lowest BCUT2D eigenvalue weighted by molar-refractivity contribution is 0.248. The first kappa shape index (κ1) is 14.6. The van der Waals surface area contributed by atoms with E-state index in [-0.39, 0.29) is 12.1 Å². The first-order valence-electron chi connectivity index (χ1n) is 6.58. The largest absolute Gasteiger partial charge is 0.335 e. The Bertz CT molecular complexity index is 580. The zero-order valence-electron chi connectivity index (χ0n) is 11.3. The zero-order valence-corrected chi connectivity index (χ0v) is 12.2. The minimum Gasteiger partial charge on any atom is -0.335 e. The van der Waals surface area contributed by atoms with E-state index < -0.39 is 10.0 Å². The van der Waals surface area contributed by atoms with E-state index in [1.165, 1.54) is 0 Å². The highest BCUT2D eigenvalue weighted by atomic mass is 32.2. The highest BCUT2D eigenvalue weighted by Crippen LogP contribution is 2.19. The third kappa shape index (κ3) is 4.73. The zero-order chi connectivity index (χ0) is 14.6. The van der Waals surface area contributed by atoms with Crippen molar-refractivity contribution in [2.24, 2.45) is 0 Å². The van der Waals surface area contributed by atoms with Gasteiger partial charge in [-0.25, -0.2) is 13.2 Å². The van der Waals surface area contributed by atoms with Gasteiger partial charge in [-0.15, -0.1) is 0 Å². The van der Waals surface area contributed by atoms with E-state index in [2.05, 4.69) is 15.4 Å². The van der Waals surface area contributed by atoms with Gasteiger partial charge in [0.1, 0.15) is 0 Å². The molecule has 1 aromatic carbocycles. The number of hydrogen-bond acceptors (Lipinski definition) is 3. The molecule has 0 aliphatic heterocycles. The third-order valence-corrected chi connectivity index (χ3v) is 3.72. The number of carbonyl (C=O) groups excluding carboxylic acids is 1. The van der Waals surface area contributed by atoms with Crippen molar-refractivity contribution < 1.29 is 13.2 Å². The van der Waals surface area contributed by atoms with Gasteiger partial charge in [-0.2, -0.15) is 0 Å². The molecular weight excluding hydrogens is 278 g/mol. The first-order valence-corrected chi connectivity index (χ1v) is 8.47. The number of nitrogens with one attached hydrogen (secondary N) is 3. The summed E-state index contributed by atoms with van der Waals surface area (Å²) in [5, 5.41) is 5.62. The van der Waals surface area contributed by atoms with Crippen LogP contribution in [0, 0.1) is 0 Å². The summed E-state index contributed by atoms with van der Waals surface area (Å²) in [5.74, 6) is 0. The predicted molar refractivity (Wildman–Crippen MR) is 79.3 cm³/mol. The summed E-state index contributed by atoms with van der Waals surface area (Å²) in [5.41, 5.74) is 0.973. The van der Waals surface area contributed by atoms with Crippen molar-refractivity contribution in [1.82, 2.24) is 5.32 Å². The van der Waals surface area contributed by atoms with Gasteiger partial charge in [0.15, 0.2) is 0 Å². The molecule has 20 heavy (non-hydrogen) atoms. The van der Waals surface area contributed by atoms with E-state index in [9.17, 15) is 13.2 Å². The number of sulfonamides is 1. The summed E-state index contributed by atoms with van der Waals surface area (Å²) in [7, 11) is -3.32. The van der Waals surface area contributed by atoms with Crippen LogP contribution in [-0.2, 0) is 10.0 Å². The fraction of sp³-hybridized carbons (Fsp3) is 0.462. The summed E-state index contributed by atoms with van der Waals surface area (Å²) in [6.07, 6.45) is 5.42. The number of anilines is 2. The Balaban J connectivity index is 1.95. The van der Waals surface area contributed by atoms with E-state index in [1.54, 1.807) is 24.3 Å². The summed E-state index contributed by atoms with van der Waals surface area (Å²) in [6, 6.07) is 6.58. The Morgan fingerprint density at radius 2 is 1.85 bits per heavy atom. The second-order valence-corrected chi connectivity index (χ2v) is 6.78. The van der Waals surface area contributed by atoms with Crippen molar-refractivity contribution in [2.75, 3.05) is 16.3 Å². The first-order chi connectivity index (χ1) is 9.42. The SMILES string of the molecule is CS(=O)(=O)Nc1cccc(NC(=O)NC2CCCC2)c1. The normalized spacial score (nSPS) is 15.8. The van der Waals surface area contributed by atoms with Crippen LogP contribution in [0.1, 0.15) is 25.7 Å². The molecule has 1 saturated carbocycles. The molecule has 0 heterocycles. The molecule has 0 spiro atoms. The molecule has 0 saturated heterocycles. The molecule has 7 heteroatoms. The maximum atomic E-state index is 11.8. The van der Waals surface area contributed by atoms with E-state index in [4.69, 9.17) is 0 Å². The van der Waals surface area contributed by atoms with Gasteiger partial charge < -0.3 is 10.6 Å². The Labute approximate surface area is 119 Å². The van der Waals surface area contributed by atoms with Gasteiger partial charge in [0.2, 0.25) is 10.0 Å². The van der Waals surface area contributed by atoms with Gasteiger partial charge in [0.25, 0.3) is 0 Å². The van der Waals surface area contributed by atoms with Crippen molar-refractivity contribution >= 4 is 27.4 Å². The van der Waals surface area contributed by atoms with Crippen molar-refractivity contribution in [3.05, 3.63) is 24.3 Å². The van der Waals surface area contributed by atoms with Gasteiger partial charge in [-0.3, -0.25) is 4.72 Å². The van der Waals surface area contributed by atoms with Gasteiger partial charge in [0, 0.05) is 11.7 Å². The predicted octanol–water partition coefficient (Wildman–Crippen LogP) is 2.12. The number of hydrogen-bond donors (Lipinski definition) is 3. The van der Waals surface area contributed by atoms with E-state index in [0.29, 0.717) is 11.4 Å². The third-order valence-electron chi connectivity index (χ3n) is 3.11. The van der Waals surface area contributed by atoms with Crippen molar-refractivity contribution in [3.8, 4) is 0 Å². The lowest BCUT2D eigenvalue weighted by Gasteiger charge is -2.13. The second-order valence-electron chi connectivity index (χ2n) is 5.03. The molecule has 2 amide bonds. The molecule has 0 aromatic heterocycles. The molecule has 1 aromatic rings. The van der Waals surface area contributed by atoms with Gasteiger partial charge in [-0.1, -0.05) is 18.9 Å². The van der Waals surface area contributed by atoms with Crippen molar-refractivity contribution in [2.45, 2.75) is 31.7 Å². The smallest absolute Gasteiger partial charge is 0.319 e. The Morgan fingerprint density at radius 1 is 1.20 bits per heavy atom. The number of urea groups is 1. The van der Waals surface area contributed by atoms with Crippen LogP contribution in [0.15, 0.2) is 24.3 Å². The van der Waals surface area contributed by atoms with Crippen molar-refractivity contribution in [1.29, 1.82) is 0 Å². The molecule has 110 valence electrons. The topological polar surface area (TPSA) is 87.3 Å². The van der Waals surface area contributed by atoms with Crippen LogP contribution in [0.2, 0.25) is 0 Å². The summed E-state index contributed by atoms with van der Waals surface area (Å²) in [6.45, 7) is 0. The fourth-order valence-corrected chi connectivity index (χ4v) is 2.85. The lowest BCUT2D eigenvalue weighted by Crippen LogP contribution is -2.36. The number of rotatable bonds is 4. The molecule has 0 unspecified atom stereocenters. The minimum atomic E-state index is -3.32. The molecule has 0 atom stereocenters. The molecule has 2 rings (SSSR count). The summed E-state index contributed by atoms with van der Waals surface area (Å²) >= 11 is 0. The molecule has 0 radical (unpaired) electrons. The molecule has 1 aliphatic rings. The van der Waals surface area contributed by atoms with Crippen LogP contribution < -0.4 is 15.4 Å². The average molecular weight is 297 g/mol. The van der Waals surface area contributed by atoms with Crippen LogP contribution in [0.4, 0.5) is 16.2 Å². The second kappa shape index (κ2) is 6.13. The minimum absolute atomic E-state index is 0.243. The van der Waals surface area contributed by atoms with E-state index in [1.807, 2.05) is 0 Å². The van der Waals surface area contributed by atoms with E-state index >= 15 is 0 Å². The Morgan fingerprint density at radius 3 is 2.50 bits per heavy atom. The van der Waals surface area contributed by atoms with Crippen molar-refractivity contribution in [3.63, 3.8) is 0 Å². The number of carbonyl (C=O) groups is 1. The molecule has 3 N–H and O–H groups in total. The maximum absolute atomic E-state index is 11.8. The van der Waals surface area contributed by atoms with E-state index in [0.717, 1.165) is 31.9 Å². The van der Waals surface area contributed by atoms with Crippen LogP contribution >= 0.6 is 0 Å². The summed E-state index contributed by atoms with van der Waals surface area (Å²) < 4.78 is 24.7. The Hall–Kier alpha value is -1.76. The van der Waals surface area contributed by atoms with Gasteiger partial charge in [-0.05, 0) is 31.0 Å². The highest BCUT2D eigenvalue weighted by molar-refractivity contribution is 7.92. The lowest BCUT2D eigenvalue weighted by atomic mass is 10.2. The molecule has 6 nitrogen and oxygen atoms in total. The fourth-order valence-electron chi connectivity index (χ4n) is 2.30. The molecule has 0 bridgehead atoms. The number of amides is 2. The van der Waals surface area contributed by atoms with Crippen LogP contribution in [0.3, 0.4) is 0 Å². The van der Waals surface area contributed by atoms with Crippen LogP contribution in [-0.4, -0.2) is 26.7 Å². The van der Waals surface area contributed by atoms with Gasteiger partial charge in [0.05, 0.1) is 11.9 Å². The monoisotopic (exact) mass is 297 g/mol. The maximum Gasteiger partial charge on any atom is 0.319 e. The molecular formula is C13H19N3O3S. The Kier molecular flexibility index (Phi) is 4.49. The molecule has 1 aliphatic carbocycles.